The lowest BCUT2D eigenvalue weighted by atomic mass is 9.71. The maximum absolute atomic E-state index is 14.3. The molecular formula is C25H38N2O5S. The Hall–Kier alpha value is -1.54. The van der Waals surface area contributed by atoms with Gasteiger partial charge in [-0.2, -0.15) is 0 Å². The van der Waals surface area contributed by atoms with Crippen molar-refractivity contribution in [1.29, 1.82) is 0 Å². The van der Waals surface area contributed by atoms with E-state index in [1.54, 1.807) is 29.7 Å². The van der Waals surface area contributed by atoms with Crippen LogP contribution in [0.15, 0.2) is 12.7 Å². The largest absolute Gasteiger partial charge is 0.466 e. The van der Waals surface area contributed by atoms with Crippen LogP contribution in [0.1, 0.15) is 64.7 Å². The van der Waals surface area contributed by atoms with E-state index in [1.165, 1.54) is 6.42 Å². The molecule has 1 aliphatic carbocycles. The number of amides is 2. The van der Waals surface area contributed by atoms with Gasteiger partial charge in [-0.25, -0.2) is 0 Å². The van der Waals surface area contributed by atoms with E-state index in [1.807, 2.05) is 4.90 Å². The third kappa shape index (κ3) is 4.22. The van der Waals surface area contributed by atoms with Crippen LogP contribution in [-0.2, 0) is 19.1 Å². The summed E-state index contributed by atoms with van der Waals surface area (Å²) in [6.45, 7) is 6.95. The lowest BCUT2D eigenvalue weighted by molar-refractivity contribution is -0.153. The van der Waals surface area contributed by atoms with Crippen LogP contribution in [0.25, 0.3) is 0 Å². The molecule has 0 aromatic carbocycles. The Labute approximate surface area is 201 Å². The minimum Gasteiger partial charge on any atom is -0.466 e. The Morgan fingerprint density at radius 1 is 1.27 bits per heavy atom. The highest BCUT2D eigenvalue weighted by Gasteiger charge is 2.74. The number of aliphatic hydroxyl groups excluding tert-OH is 1. The van der Waals surface area contributed by atoms with Crippen molar-refractivity contribution in [3.8, 4) is 0 Å². The minimum absolute atomic E-state index is 0.0132. The van der Waals surface area contributed by atoms with Gasteiger partial charge in [-0.1, -0.05) is 25.3 Å². The van der Waals surface area contributed by atoms with E-state index in [0.29, 0.717) is 25.9 Å². The third-order valence-electron chi connectivity index (χ3n) is 8.02. The third-order valence-corrected chi connectivity index (χ3v) is 9.98. The first-order valence-electron chi connectivity index (χ1n) is 12.7. The number of hydrogen-bond donors (Lipinski definition) is 1. The highest BCUT2D eigenvalue weighted by Crippen LogP contribution is 2.66. The van der Waals surface area contributed by atoms with E-state index in [-0.39, 0.29) is 42.3 Å². The van der Waals surface area contributed by atoms with E-state index in [0.717, 1.165) is 38.5 Å². The van der Waals surface area contributed by atoms with Gasteiger partial charge in [-0.15, -0.1) is 18.3 Å². The van der Waals surface area contributed by atoms with Crippen LogP contribution >= 0.6 is 11.8 Å². The minimum atomic E-state index is -0.566. The number of esters is 1. The van der Waals surface area contributed by atoms with Crippen molar-refractivity contribution in [2.24, 2.45) is 11.8 Å². The second-order valence-corrected chi connectivity index (χ2v) is 11.4. The van der Waals surface area contributed by atoms with Crippen molar-refractivity contribution in [2.75, 3.05) is 26.3 Å². The Kier molecular flexibility index (Phi) is 7.73. The predicted octanol–water partition coefficient (Wildman–Crippen LogP) is 2.76. The highest BCUT2D eigenvalue weighted by molar-refractivity contribution is 8.02. The van der Waals surface area contributed by atoms with Crippen molar-refractivity contribution >= 4 is 29.5 Å². The van der Waals surface area contributed by atoms with Crippen LogP contribution in [0, 0.1) is 11.8 Å². The first kappa shape index (κ1) is 24.6. The van der Waals surface area contributed by atoms with Gasteiger partial charge >= 0.3 is 5.97 Å². The smallest absolute Gasteiger partial charge is 0.310 e. The second-order valence-electron chi connectivity index (χ2n) is 9.84. The summed E-state index contributed by atoms with van der Waals surface area (Å²) < 4.78 is 4.81. The summed E-state index contributed by atoms with van der Waals surface area (Å²) in [5.41, 5.74) is 0. The molecule has 3 saturated heterocycles. The predicted molar refractivity (Wildman–Crippen MR) is 128 cm³/mol. The van der Waals surface area contributed by atoms with Gasteiger partial charge in [0.1, 0.15) is 6.04 Å². The number of thioether (sulfide) groups is 1. The molecule has 1 N–H and O–H groups in total. The summed E-state index contributed by atoms with van der Waals surface area (Å²) in [5, 5.41) is 9.33. The van der Waals surface area contributed by atoms with Crippen molar-refractivity contribution in [3.05, 3.63) is 12.7 Å². The van der Waals surface area contributed by atoms with Gasteiger partial charge in [0.15, 0.2) is 0 Å². The van der Waals surface area contributed by atoms with Gasteiger partial charge in [-0.3, -0.25) is 14.4 Å². The summed E-state index contributed by atoms with van der Waals surface area (Å²) in [6, 6.07) is -0.386. The van der Waals surface area contributed by atoms with Crippen molar-refractivity contribution < 1.29 is 24.2 Å². The summed E-state index contributed by atoms with van der Waals surface area (Å²) >= 11 is 1.69. The molecule has 0 aromatic rings. The molecule has 4 rings (SSSR count). The summed E-state index contributed by atoms with van der Waals surface area (Å²) in [7, 11) is 0. The monoisotopic (exact) mass is 478 g/mol. The highest BCUT2D eigenvalue weighted by atomic mass is 32.2. The quantitative estimate of drug-likeness (QED) is 0.295. The van der Waals surface area contributed by atoms with Crippen LogP contribution < -0.4 is 0 Å². The topological polar surface area (TPSA) is 87.2 Å². The Bertz CT molecular complexity index is 770. The van der Waals surface area contributed by atoms with Crippen molar-refractivity contribution in [3.63, 3.8) is 0 Å². The second kappa shape index (κ2) is 10.4. The number of nitrogens with zero attached hydrogens (tertiary/aromatic N) is 2. The molecule has 0 radical (unpaired) electrons. The van der Waals surface area contributed by atoms with Gasteiger partial charge in [0.05, 0.1) is 23.2 Å². The standard InChI is InChI=1S/C25H38N2O5S/c1-3-14-26(17-10-6-5-7-11-17)23(30)21-25-13-12-18(33-25)19(24(31)32-4-2)20(25)22(29)27(21)15-8-9-16-28/h3,17-21,28H,1,4-16H2,2H3/t18-,19+,20+,21?,25?/m1/s1. The maximum atomic E-state index is 14.3. The number of rotatable bonds is 10. The van der Waals surface area contributed by atoms with Crippen LogP contribution in [0.4, 0.5) is 0 Å². The van der Waals surface area contributed by atoms with E-state index < -0.39 is 22.6 Å². The SMILES string of the molecule is C=CCN(C(=O)C1N(CCCCO)C(=O)[C@@H]2[C@@H](C(=O)OCC)[C@H]3CCC12S3)C1CCCCC1. The Balaban J connectivity index is 1.68. The summed E-state index contributed by atoms with van der Waals surface area (Å²) in [6.07, 6.45) is 10.0. The zero-order valence-corrected chi connectivity index (χ0v) is 20.6. The molecule has 3 heterocycles. The molecule has 2 unspecified atom stereocenters. The van der Waals surface area contributed by atoms with Crippen LogP contribution in [-0.4, -0.2) is 81.1 Å². The molecule has 2 amide bonds. The zero-order valence-electron chi connectivity index (χ0n) is 19.7. The zero-order chi connectivity index (χ0) is 23.6. The molecule has 0 aromatic heterocycles. The van der Waals surface area contributed by atoms with E-state index >= 15 is 0 Å². The molecule has 2 bridgehead atoms. The maximum Gasteiger partial charge on any atom is 0.310 e. The molecule has 1 saturated carbocycles. The molecule has 3 aliphatic heterocycles. The average molecular weight is 479 g/mol. The van der Waals surface area contributed by atoms with E-state index in [2.05, 4.69) is 6.58 Å². The number of likely N-dealkylation sites (tertiary alicyclic amines) is 1. The summed E-state index contributed by atoms with van der Waals surface area (Å²) in [4.78, 5) is 44.7. The van der Waals surface area contributed by atoms with Gasteiger partial charge in [-0.05, 0) is 45.4 Å². The average Bonchev–Trinajstić information content (AvgIpc) is 3.46. The number of carbonyl (C=O) groups is 3. The summed E-state index contributed by atoms with van der Waals surface area (Å²) in [5.74, 6) is -1.34. The number of ether oxygens (including phenoxy) is 1. The van der Waals surface area contributed by atoms with Gasteiger partial charge in [0, 0.05) is 31.0 Å². The van der Waals surface area contributed by atoms with E-state index in [4.69, 9.17) is 4.74 Å². The van der Waals surface area contributed by atoms with Crippen molar-refractivity contribution in [2.45, 2.75) is 86.8 Å². The molecule has 4 aliphatic rings. The number of carbonyl (C=O) groups excluding carboxylic acids is 3. The fraction of sp³-hybridized carbons (Fsp3) is 0.800. The number of hydrogen-bond acceptors (Lipinski definition) is 6. The number of aliphatic hydroxyl groups is 1. The molecule has 1 spiro atoms. The Morgan fingerprint density at radius 3 is 2.70 bits per heavy atom. The van der Waals surface area contributed by atoms with Crippen molar-refractivity contribution in [1.82, 2.24) is 9.80 Å². The molecular weight excluding hydrogens is 440 g/mol. The molecule has 184 valence electrons. The lowest BCUT2D eigenvalue weighted by Gasteiger charge is -2.41. The fourth-order valence-corrected chi connectivity index (χ4v) is 8.88. The van der Waals surface area contributed by atoms with Crippen LogP contribution in [0.2, 0.25) is 0 Å². The van der Waals surface area contributed by atoms with Gasteiger partial charge in [0.25, 0.3) is 0 Å². The molecule has 8 heteroatoms. The van der Waals surface area contributed by atoms with Gasteiger partial charge < -0.3 is 19.6 Å². The molecule has 5 atom stereocenters. The fourth-order valence-electron chi connectivity index (χ4n) is 6.68. The van der Waals surface area contributed by atoms with Gasteiger partial charge in [0.2, 0.25) is 11.8 Å². The lowest BCUT2D eigenvalue weighted by Crippen LogP contribution is -2.57. The number of unbranched alkanes of at least 4 members (excludes halogenated alkanes) is 1. The molecule has 7 nitrogen and oxygen atoms in total. The Morgan fingerprint density at radius 2 is 2.03 bits per heavy atom. The first-order valence-corrected chi connectivity index (χ1v) is 13.5. The van der Waals surface area contributed by atoms with Crippen LogP contribution in [0.3, 0.4) is 0 Å². The number of fused-ring (bicyclic) bond motifs is 1. The molecule has 4 fully saturated rings. The van der Waals surface area contributed by atoms with E-state index in [9.17, 15) is 19.5 Å². The normalized spacial score (nSPS) is 33.3. The molecule has 33 heavy (non-hydrogen) atoms. The van der Waals surface area contributed by atoms with Crippen LogP contribution in [0.5, 0.6) is 0 Å². The first-order chi connectivity index (χ1) is 16.0.